The molecule has 1 aromatic heterocycles. The van der Waals surface area contributed by atoms with Crippen molar-refractivity contribution in [2.24, 2.45) is 0 Å². The number of carbonyl (C=O) groups excluding carboxylic acids is 1. The summed E-state index contributed by atoms with van der Waals surface area (Å²) in [6, 6.07) is 21.4. The van der Waals surface area contributed by atoms with Crippen molar-refractivity contribution in [3.8, 4) is 0 Å². The zero-order valence-corrected chi connectivity index (χ0v) is 18.7. The van der Waals surface area contributed by atoms with Gasteiger partial charge in [-0.3, -0.25) is 9.69 Å². The molecular weight excluding hydrogens is 422 g/mol. The van der Waals surface area contributed by atoms with E-state index < -0.39 is 10.0 Å². The van der Waals surface area contributed by atoms with Gasteiger partial charge in [0.05, 0.1) is 11.4 Å². The standard InChI is InChI=1S/C25H27N3O3S/c29-25(28(24-15-6-7-16-26-24)20-21-11-4-3-5-12-21)22-13-10-14-23(19-22)32(30,31)27-17-8-1-2-9-18-27/h3-7,10-16,19H,1-2,8-9,17-18,20H2. The zero-order valence-electron chi connectivity index (χ0n) is 17.9. The number of hydrogen-bond donors (Lipinski definition) is 0. The zero-order chi connectivity index (χ0) is 22.4. The Kier molecular flexibility index (Phi) is 6.97. The van der Waals surface area contributed by atoms with E-state index in [9.17, 15) is 13.2 Å². The monoisotopic (exact) mass is 449 g/mol. The minimum absolute atomic E-state index is 0.158. The van der Waals surface area contributed by atoms with E-state index in [1.165, 1.54) is 6.07 Å². The van der Waals surface area contributed by atoms with Crippen LogP contribution in [0.1, 0.15) is 41.6 Å². The maximum Gasteiger partial charge on any atom is 0.259 e. The third-order valence-electron chi connectivity index (χ3n) is 5.64. The highest BCUT2D eigenvalue weighted by molar-refractivity contribution is 7.89. The molecular formula is C25H27N3O3S. The minimum Gasteiger partial charge on any atom is -0.288 e. The summed E-state index contributed by atoms with van der Waals surface area (Å²) in [4.78, 5) is 19.6. The molecule has 0 N–H and O–H groups in total. The Morgan fingerprint density at radius 2 is 1.59 bits per heavy atom. The lowest BCUT2D eigenvalue weighted by Gasteiger charge is -2.23. The molecule has 0 bridgehead atoms. The predicted molar refractivity (Wildman–Crippen MR) is 125 cm³/mol. The van der Waals surface area contributed by atoms with E-state index in [2.05, 4.69) is 4.98 Å². The molecule has 0 unspecified atom stereocenters. The Bertz CT molecular complexity index is 1140. The van der Waals surface area contributed by atoms with Crippen LogP contribution in [-0.4, -0.2) is 36.7 Å². The number of rotatable bonds is 6. The molecule has 1 saturated heterocycles. The Hall–Kier alpha value is -3.03. The molecule has 6 nitrogen and oxygen atoms in total. The van der Waals surface area contributed by atoms with Gasteiger partial charge in [0.1, 0.15) is 5.82 Å². The van der Waals surface area contributed by atoms with E-state index in [1.807, 2.05) is 36.4 Å². The van der Waals surface area contributed by atoms with Gasteiger partial charge in [0.15, 0.2) is 0 Å². The van der Waals surface area contributed by atoms with Crippen molar-refractivity contribution in [3.05, 3.63) is 90.1 Å². The first-order chi connectivity index (χ1) is 15.6. The van der Waals surface area contributed by atoms with Crippen LogP contribution in [0.4, 0.5) is 5.82 Å². The fourth-order valence-corrected chi connectivity index (χ4v) is 5.48. The first kappa shape index (κ1) is 22.2. The molecule has 166 valence electrons. The van der Waals surface area contributed by atoms with Gasteiger partial charge in [0, 0.05) is 24.8 Å². The molecule has 1 amide bonds. The Morgan fingerprint density at radius 3 is 2.28 bits per heavy atom. The summed E-state index contributed by atoms with van der Waals surface area (Å²) in [6.07, 6.45) is 5.46. The Balaban J connectivity index is 1.66. The van der Waals surface area contributed by atoms with Crippen LogP contribution >= 0.6 is 0 Å². The van der Waals surface area contributed by atoms with Gasteiger partial charge in [-0.25, -0.2) is 13.4 Å². The first-order valence-corrected chi connectivity index (χ1v) is 12.4. The third-order valence-corrected chi connectivity index (χ3v) is 7.53. The largest absolute Gasteiger partial charge is 0.288 e. The Labute approximate surface area is 189 Å². The highest BCUT2D eigenvalue weighted by atomic mass is 32.2. The highest BCUT2D eigenvalue weighted by Crippen LogP contribution is 2.23. The molecule has 7 heteroatoms. The van der Waals surface area contributed by atoms with E-state index >= 15 is 0 Å². The van der Waals surface area contributed by atoms with Crippen molar-refractivity contribution in [2.45, 2.75) is 37.1 Å². The number of amides is 1. The summed E-state index contributed by atoms with van der Waals surface area (Å²) in [5, 5.41) is 0. The molecule has 1 aliphatic rings. The van der Waals surface area contributed by atoms with Gasteiger partial charge in [-0.2, -0.15) is 4.31 Å². The molecule has 0 spiro atoms. The summed E-state index contributed by atoms with van der Waals surface area (Å²) in [5.74, 6) is 0.225. The van der Waals surface area contributed by atoms with Gasteiger partial charge in [0.2, 0.25) is 10.0 Å². The van der Waals surface area contributed by atoms with Crippen molar-refractivity contribution in [3.63, 3.8) is 0 Å². The third kappa shape index (κ3) is 5.06. The highest BCUT2D eigenvalue weighted by Gasteiger charge is 2.27. The van der Waals surface area contributed by atoms with Gasteiger partial charge in [-0.05, 0) is 48.7 Å². The molecule has 2 heterocycles. The summed E-state index contributed by atoms with van der Waals surface area (Å²) in [5.41, 5.74) is 1.28. The van der Waals surface area contributed by atoms with Gasteiger partial charge in [-0.1, -0.05) is 55.3 Å². The second kappa shape index (κ2) is 10.1. The van der Waals surface area contributed by atoms with Gasteiger partial charge >= 0.3 is 0 Å². The maximum absolute atomic E-state index is 13.5. The smallest absolute Gasteiger partial charge is 0.259 e. The number of anilines is 1. The predicted octanol–water partition coefficient (Wildman–Crippen LogP) is 4.49. The van der Waals surface area contributed by atoms with Crippen LogP contribution in [0.3, 0.4) is 0 Å². The average molecular weight is 450 g/mol. The maximum atomic E-state index is 13.5. The molecule has 0 atom stereocenters. The average Bonchev–Trinajstić information content (AvgIpc) is 3.14. The second-order valence-electron chi connectivity index (χ2n) is 7.91. The lowest BCUT2D eigenvalue weighted by molar-refractivity contribution is 0.0984. The fraction of sp³-hybridized carbons (Fsp3) is 0.280. The molecule has 4 rings (SSSR count). The molecule has 0 radical (unpaired) electrons. The summed E-state index contributed by atoms with van der Waals surface area (Å²) < 4.78 is 28.0. The molecule has 0 aliphatic carbocycles. The minimum atomic E-state index is -3.64. The van der Waals surface area contributed by atoms with Crippen LogP contribution in [0.15, 0.2) is 83.9 Å². The number of aromatic nitrogens is 1. The summed E-state index contributed by atoms with van der Waals surface area (Å²) in [6.45, 7) is 1.38. The van der Waals surface area contributed by atoms with Crippen LogP contribution in [0, 0.1) is 0 Å². The second-order valence-corrected chi connectivity index (χ2v) is 9.85. The lowest BCUT2D eigenvalue weighted by Crippen LogP contribution is -2.33. The van der Waals surface area contributed by atoms with Crippen molar-refractivity contribution in [1.29, 1.82) is 0 Å². The van der Waals surface area contributed by atoms with E-state index in [0.717, 1.165) is 31.2 Å². The Morgan fingerprint density at radius 1 is 0.875 bits per heavy atom. The van der Waals surface area contributed by atoms with E-state index in [4.69, 9.17) is 0 Å². The molecule has 3 aromatic rings. The number of carbonyl (C=O) groups is 1. The van der Waals surface area contributed by atoms with E-state index in [0.29, 0.717) is 31.0 Å². The summed E-state index contributed by atoms with van der Waals surface area (Å²) >= 11 is 0. The molecule has 0 saturated carbocycles. The van der Waals surface area contributed by atoms with Gasteiger partial charge in [-0.15, -0.1) is 0 Å². The van der Waals surface area contributed by atoms with E-state index in [-0.39, 0.29) is 10.8 Å². The number of hydrogen-bond acceptors (Lipinski definition) is 4. The number of sulfonamides is 1. The lowest BCUT2D eigenvalue weighted by atomic mass is 10.1. The number of benzene rings is 2. The van der Waals surface area contributed by atoms with Crippen molar-refractivity contribution in [2.75, 3.05) is 18.0 Å². The number of pyridine rings is 1. The van der Waals surface area contributed by atoms with Crippen molar-refractivity contribution in [1.82, 2.24) is 9.29 Å². The van der Waals surface area contributed by atoms with Crippen LogP contribution < -0.4 is 4.90 Å². The SMILES string of the molecule is O=C(c1cccc(S(=O)(=O)N2CCCCCC2)c1)N(Cc1ccccc1)c1ccccn1. The molecule has 32 heavy (non-hydrogen) atoms. The van der Waals surface area contributed by atoms with Crippen molar-refractivity contribution >= 4 is 21.7 Å². The van der Waals surface area contributed by atoms with Crippen LogP contribution in [0.5, 0.6) is 0 Å². The topological polar surface area (TPSA) is 70.6 Å². The van der Waals surface area contributed by atoms with Crippen LogP contribution in [0.2, 0.25) is 0 Å². The molecule has 2 aromatic carbocycles. The first-order valence-electron chi connectivity index (χ1n) is 10.9. The normalized spacial score (nSPS) is 15.1. The van der Waals surface area contributed by atoms with Crippen LogP contribution in [0.25, 0.3) is 0 Å². The van der Waals surface area contributed by atoms with E-state index in [1.54, 1.807) is 45.7 Å². The number of nitrogens with zero attached hydrogens (tertiary/aromatic N) is 3. The van der Waals surface area contributed by atoms with Gasteiger partial charge < -0.3 is 0 Å². The molecule has 1 aliphatic heterocycles. The van der Waals surface area contributed by atoms with Crippen LogP contribution in [-0.2, 0) is 16.6 Å². The molecule has 1 fully saturated rings. The fourth-order valence-electron chi connectivity index (χ4n) is 3.91. The summed E-state index contributed by atoms with van der Waals surface area (Å²) in [7, 11) is -3.64. The quantitative estimate of drug-likeness (QED) is 0.556. The van der Waals surface area contributed by atoms with Crippen molar-refractivity contribution < 1.29 is 13.2 Å². The van der Waals surface area contributed by atoms with Gasteiger partial charge in [0.25, 0.3) is 5.91 Å².